The van der Waals surface area contributed by atoms with Crippen LogP contribution in [0.15, 0.2) is 70.6 Å². The Hall–Kier alpha value is -4.09. The predicted molar refractivity (Wildman–Crippen MR) is 128 cm³/mol. The Morgan fingerprint density at radius 1 is 0.714 bits per heavy atom. The van der Waals surface area contributed by atoms with Gasteiger partial charge in [-0.1, -0.05) is 47.9 Å². The fourth-order valence-corrected chi connectivity index (χ4v) is 2.55. The minimum absolute atomic E-state index is 0. The molecule has 0 aliphatic carbocycles. The molecule has 0 saturated carbocycles. The Bertz CT molecular complexity index is 1050. The molecule has 0 aromatic heterocycles. The van der Waals surface area contributed by atoms with Crippen LogP contribution in [-0.2, 0) is 22.5 Å². The number of ether oxygens (including phenoxy) is 2. The fourth-order valence-electron chi connectivity index (χ4n) is 2.55. The number of para-hydroxylation sites is 4. The van der Waals surface area contributed by atoms with Crippen molar-refractivity contribution in [2.45, 2.75) is 0 Å². The van der Waals surface area contributed by atoms with Gasteiger partial charge in [-0.15, -0.1) is 0 Å². The number of methoxy groups -OCH3 is 2. The van der Waals surface area contributed by atoms with Gasteiger partial charge in [0.05, 0.1) is 25.6 Å². The zero-order valence-electron chi connectivity index (χ0n) is 18.8. The van der Waals surface area contributed by atoms with E-state index in [4.69, 9.17) is 20.5 Å². The average Bonchev–Trinajstić information content (AvgIpc) is 2.79. The maximum atomic E-state index is 12.2. The van der Waals surface area contributed by atoms with Crippen LogP contribution >= 0.6 is 0 Å². The quantitative estimate of drug-likeness (QED) is 0.116. The summed E-state index contributed by atoms with van der Waals surface area (Å²) in [4.78, 5) is 10.3. The van der Waals surface area contributed by atoms with Gasteiger partial charge in [-0.25, -0.2) is 0 Å². The van der Waals surface area contributed by atoms with E-state index in [1.165, 1.54) is 31.6 Å². The molecule has 0 bridgehead atoms. The van der Waals surface area contributed by atoms with Crippen molar-refractivity contribution in [1.29, 1.82) is 0 Å². The summed E-state index contributed by atoms with van der Waals surface area (Å²) in [5.41, 5.74) is 15.5. The van der Waals surface area contributed by atoms with Gasteiger partial charge in [0, 0.05) is 12.4 Å². The molecule has 35 heavy (non-hydrogen) atoms. The van der Waals surface area contributed by atoms with Crippen molar-refractivity contribution in [3.05, 3.63) is 87.8 Å². The van der Waals surface area contributed by atoms with Gasteiger partial charge >= 0.3 is 17.1 Å². The van der Waals surface area contributed by atoms with Crippen molar-refractivity contribution in [3.63, 3.8) is 0 Å². The van der Waals surface area contributed by atoms with Crippen molar-refractivity contribution >= 4 is 23.8 Å². The van der Waals surface area contributed by atoms with Crippen LogP contribution in [0.25, 0.3) is 16.0 Å². The number of hydrogen-bond acceptors (Lipinski definition) is 6. The van der Waals surface area contributed by atoms with Gasteiger partial charge in [-0.3, -0.25) is 14.9 Å². The third-order valence-corrected chi connectivity index (χ3v) is 4.03. The Balaban J connectivity index is -0.00000139. The van der Waals surface area contributed by atoms with Crippen molar-refractivity contribution in [3.8, 4) is 23.0 Å². The monoisotopic (exact) mass is 526 g/mol. The summed E-state index contributed by atoms with van der Waals surface area (Å²) in [6.07, 6.45) is 2.95. The summed E-state index contributed by atoms with van der Waals surface area (Å²) in [5, 5.41) is 24.4. The maximum absolute atomic E-state index is 12.2. The van der Waals surface area contributed by atoms with Crippen LogP contribution in [-0.4, -0.2) is 37.6 Å². The molecule has 3 rings (SSSR count). The summed E-state index contributed by atoms with van der Waals surface area (Å²) >= 11 is 0. The van der Waals surface area contributed by atoms with Gasteiger partial charge < -0.3 is 47.2 Å². The van der Waals surface area contributed by atoms with Crippen LogP contribution in [0, 0.1) is 0 Å². The van der Waals surface area contributed by atoms with E-state index < -0.39 is 0 Å². The standard InChI is InChI=1S/C22H20N2O4.Mn.N3.3H2O/c1-27-19-11-5-7-15(21(19)25)13-23-17-9-3-4-10-18(17)24-14-16-8-6-12-20(28-2)22(16)26;;1-3-2;;;/h3-14,25-26H,1-2H3;;;3*1H2/q;+3;-1;;;/p-1. The second-order valence-electron chi connectivity index (χ2n) is 5.85. The Labute approximate surface area is 212 Å². The van der Waals surface area contributed by atoms with Crippen molar-refractivity contribution in [2.24, 2.45) is 9.98 Å². The molecule has 3 aromatic carbocycles. The molecule has 7 N–H and O–H groups in total. The van der Waals surface area contributed by atoms with Crippen LogP contribution in [0.3, 0.4) is 0 Å². The zero-order valence-corrected chi connectivity index (χ0v) is 19.9. The van der Waals surface area contributed by atoms with E-state index in [9.17, 15) is 10.2 Å². The molecule has 0 unspecified atom stereocenters. The number of rotatable bonds is 6. The summed E-state index contributed by atoms with van der Waals surface area (Å²) < 4.78 is 10.1. The molecule has 0 atom stereocenters. The molecule has 12 nitrogen and oxygen atoms in total. The first-order valence-electron chi connectivity index (χ1n) is 8.89. The van der Waals surface area contributed by atoms with Gasteiger partial charge in [0.25, 0.3) is 0 Å². The molecule has 0 amide bonds. The molecule has 0 aliphatic rings. The van der Waals surface area contributed by atoms with E-state index in [1.807, 2.05) is 12.1 Å². The van der Waals surface area contributed by atoms with E-state index in [0.717, 1.165) is 0 Å². The molecule has 0 spiro atoms. The molecule has 0 radical (unpaired) electrons. The predicted octanol–water partition coefficient (Wildman–Crippen LogP) is 1.64. The topological polar surface area (TPSA) is 244 Å². The van der Waals surface area contributed by atoms with E-state index in [0.29, 0.717) is 22.5 Å². The number of nitrogens with zero attached hydrogens (tertiary/aromatic N) is 5. The van der Waals surface area contributed by atoms with Crippen LogP contribution in [0.5, 0.6) is 23.0 Å². The number of benzene rings is 3. The summed E-state index contributed by atoms with van der Waals surface area (Å²) in [7, 11) is 2.90. The minimum Gasteiger partial charge on any atom is -0.870 e. The van der Waals surface area contributed by atoms with E-state index in [2.05, 4.69) is 9.98 Å². The maximum Gasteiger partial charge on any atom is 3.00 e. The van der Waals surface area contributed by atoms with Crippen LogP contribution in [0.1, 0.15) is 11.1 Å². The molecule has 0 fully saturated rings. The van der Waals surface area contributed by atoms with Gasteiger partial charge in [-0.2, -0.15) is 0 Å². The molecular weight excluding hydrogens is 501 g/mol. The second kappa shape index (κ2) is 18.3. The zero-order chi connectivity index (χ0) is 22.6. The first-order chi connectivity index (χ1) is 15.0. The smallest absolute Gasteiger partial charge is 0.870 e. The molecular formula is C22H25MnN5O7+. The third-order valence-electron chi connectivity index (χ3n) is 4.03. The Kier molecular flexibility index (Phi) is 18.6. The Morgan fingerprint density at radius 3 is 1.37 bits per heavy atom. The SMILES string of the molecule is COc1cccc(C=Nc2ccccc2N=Cc2cccc(OC)c2[O-])c1[O-].O.O.[Mn+3].[N-]=[N+]=[N-].[OH3+]. The second-order valence-corrected chi connectivity index (χ2v) is 5.85. The third kappa shape index (κ3) is 9.74. The van der Waals surface area contributed by atoms with Crippen molar-refractivity contribution < 1.29 is 53.2 Å². The fraction of sp³-hybridized carbons (Fsp3) is 0.0909. The van der Waals surface area contributed by atoms with Gasteiger partial charge in [0.2, 0.25) is 0 Å². The summed E-state index contributed by atoms with van der Waals surface area (Å²) in [6.45, 7) is 0. The number of aliphatic imine (C=N–C) groups is 2. The molecule has 0 saturated heterocycles. The first kappa shape index (κ1) is 35.5. The largest absolute Gasteiger partial charge is 3.00 e. The van der Waals surface area contributed by atoms with Crippen LogP contribution < -0.4 is 19.7 Å². The van der Waals surface area contributed by atoms with Crippen molar-refractivity contribution in [1.82, 2.24) is 0 Å². The molecule has 3 aromatic rings. The van der Waals surface area contributed by atoms with E-state index in [-0.39, 0.29) is 56.5 Å². The summed E-state index contributed by atoms with van der Waals surface area (Å²) in [6, 6.07) is 17.2. The molecule has 0 aliphatic heterocycles. The molecule has 0 heterocycles. The van der Waals surface area contributed by atoms with Crippen LogP contribution in [0.4, 0.5) is 11.4 Å². The van der Waals surface area contributed by atoms with E-state index >= 15 is 0 Å². The Morgan fingerprint density at radius 2 is 1.06 bits per heavy atom. The first-order valence-corrected chi connectivity index (χ1v) is 8.89. The van der Waals surface area contributed by atoms with Gasteiger partial charge in [0.1, 0.15) is 11.5 Å². The normalized spacial score (nSPS) is 9.20. The van der Waals surface area contributed by atoms with Gasteiger partial charge in [-0.05, 0) is 35.4 Å². The van der Waals surface area contributed by atoms with Crippen molar-refractivity contribution in [2.75, 3.05) is 14.2 Å². The van der Waals surface area contributed by atoms with E-state index in [1.54, 1.807) is 48.5 Å². The van der Waals surface area contributed by atoms with Crippen LogP contribution in [0.2, 0.25) is 0 Å². The molecule has 13 heteroatoms. The average molecular weight is 526 g/mol. The minimum atomic E-state index is -0.234. The summed E-state index contributed by atoms with van der Waals surface area (Å²) in [5.74, 6) is 0.0525. The molecule has 186 valence electrons. The number of hydrogen-bond donors (Lipinski definition) is 0. The van der Waals surface area contributed by atoms with Gasteiger partial charge in [0.15, 0.2) is 0 Å².